The van der Waals surface area contributed by atoms with Crippen LogP contribution >= 0.6 is 27.3 Å². The van der Waals surface area contributed by atoms with Crippen molar-refractivity contribution in [1.29, 1.82) is 0 Å². The van der Waals surface area contributed by atoms with E-state index in [0.29, 0.717) is 0 Å². The third-order valence-corrected chi connectivity index (χ3v) is 5.49. The van der Waals surface area contributed by atoms with E-state index in [1.165, 1.54) is 31.0 Å². The molecule has 0 fully saturated rings. The Bertz CT molecular complexity index is 959. The molecule has 0 saturated carbocycles. The lowest BCUT2D eigenvalue weighted by molar-refractivity contribution is 1.49. The minimum Gasteiger partial charge on any atom is -0.136 e. The minimum atomic E-state index is 0.988. The molecule has 0 atom stereocenters. The van der Waals surface area contributed by atoms with Crippen molar-refractivity contribution in [3.05, 3.63) is 74.4 Å². The predicted molar refractivity (Wildman–Crippen MR) is 96.7 cm³/mol. The first kappa shape index (κ1) is 13.1. The van der Waals surface area contributed by atoms with Gasteiger partial charge in [-0.1, -0.05) is 58.4 Å². The maximum absolute atomic E-state index is 3.50. The number of benzene rings is 2. The SMILES string of the molecule is Brc1ccc(C2=CCC=c3sc4ccccc4c3=C2)cc1. The zero-order valence-corrected chi connectivity index (χ0v) is 13.7. The molecule has 102 valence electrons. The van der Waals surface area contributed by atoms with Gasteiger partial charge in [0, 0.05) is 24.3 Å². The molecule has 4 rings (SSSR count). The summed E-state index contributed by atoms with van der Waals surface area (Å²) in [6.07, 6.45) is 7.97. The highest BCUT2D eigenvalue weighted by atomic mass is 79.9. The van der Waals surface area contributed by atoms with E-state index in [2.05, 4.69) is 82.7 Å². The van der Waals surface area contributed by atoms with Crippen molar-refractivity contribution in [3.8, 4) is 0 Å². The Morgan fingerprint density at radius 2 is 1.71 bits per heavy atom. The van der Waals surface area contributed by atoms with E-state index in [9.17, 15) is 0 Å². The number of hydrogen-bond acceptors (Lipinski definition) is 1. The summed E-state index contributed by atoms with van der Waals surface area (Å²) in [5, 5.41) is 2.72. The van der Waals surface area contributed by atoms with Gasteiger partial charge in [0.1, 0.15) is 0 Å². The summed E-state index contributed by atoms with van der Waals surface area (Å²) in [5.41, 5.74) is 2.58. The molecule has 0 spiro atoms. The fourth-order valence-electron chi connectivity index (χ4n) is 2.74. The van der Waals surface area contributed by atoms with Crippen LogP contribution in [0.15, 0.2) is 59.1 Å². The Balaban J connectivity index is 1.96. The molecule has 0 nitrogen and oxygen atoms in total. The van der Waals surface area contributed by atoms with Crippen LogP contribution in [0.3, 0.4) is 0 Å². The monoisotopic (exact) mass is 352 g/mol. The highest BCUT2D eigenvalue weighted by molar-refractivity contribution is 9.10. The van der Waals surface area contributed by atoms with Gasteiger partial charge in [0.15, 0.2) is 0 Å². The standard InChI is InChI=1S/C19H13BrS/c20-15-10-8-13(9-11-15)14-4-3-7-19-17(12-14)16-5-1-2-6-18(16)21-19/h1-2,4-12H,3H2. The van der Waals surface area contributed by atoms with E-state index >= 15 is 0 Å². The summed E-state index contributed by atoms with van der Waals surface area (Å²) < 4.78 is 3.88. The number of thiophene rings is 1. The molecular weight excluding hydrogens is 340 g/mol. The van der Waals surface area contributed by atoms with Crippen LogP contribution in [0.4, 0.5) is 0 Å². The van der Waals surface area contributed by atoms with E-state index in [0.717, 1.165) is 10.9 Å². The summed E-state index contributed by atoms with van der Waals surface area (Å²) in [6.45, 7) is 0. The van der Waals surface area contributed by atoms with E-state index in [1.807, 2.05) is 11.3 Å². The maximum atomic E-state index is 3.50. The van der Waals surface area contributed by atoms with Gasteiger partial charge in [-0.15, -0.1) is 11.3 Å². The van der Waals surface area contributed by atoms with Crippen molar-refractivity contribution < 1.29 is 0 Å². The van der Waals surface area contributed by atoms with Crippen molar-refractivity contribution in [2.45, 2.75) is 6.42 Å². The van der Waals surface area contributed by atoms with Gasteiger partial charge < -0.3 is 0 Å². The Kier molecular flexibility index (Phi) is 3.28. The third kappa shape index (κ3) is 2.39. The van der Waals surface area contributed by atoms with Crippen molar-refractivity contribution in [2.24, 2.45) is 0 Å². The lowest BCUT2D eigenvalue weighted by Crippen LogP contribution is -2.17. The average Bonchev–Trinajstić information content (AvgIpc) is 2.72. The molecule has 2 heteroatoms. The summed E-state index contributed by atoms with van der Waals surface area (Å²) >= 11 is 5.39. The molecule has 1 aliphatic rings. The highest BCUT2D eigenvalue weighted by Gasteiger charge is 2.05. The summed E-state index contributed by atoms with van der Waals surface area (Å²) in [6, 6.07) is 17.2. The Hall–Kier alpha value is -1.64. The number of hydrogen-bond donors (Lipinski definition) is 0. The predicted octanol–water partition coefficient (Wildman–Crippen LogP) is 4.71. The van der Waals surface area contributed by atoms with Gasteiger partial charge in [-0.05, 0) is 41.8 Å². The molecule has 0 saturated heterocycles. The number of halogens is 1. The molecule has 0 bridgehead atoms. The van der Waals surface area contributed by atoms with Crippen LogP contribution in [-0.2, 0) is 0 Å². The molecule has 1 heterocycles. The maximum Gasteiger partial charge on any atom is 0.0355 e. The van der Waals surface area contributed by atoms with Crippen molar-refractivity contribution >= 4 is 55.1 Å². The van der Waals surface area contributed by atoms with Crippen LogP contribution in [0.2, 0.25) is 0 Å². The molecule has 0 aliphatic heterocycles. The zero-order chi connectivity index (χ0) is 14.2. The Morgan fingerprint density at radius 1 is 0.905 bits per heavy atom. The molecular formula is C19H13BrS. The first-order chi connectivity index (χ1) is 10.3. The van der Waals surface area contributed by atoms with Crippen LogP contribution in [0.1, 0.15) is 12.0 Å². The number of allylic oxidation sites excluding steroid dienone is 2. The average molecular weight is 353 g/mol. The largest absolute Gasteiger partial charge is 0.136 e. The summed E-state index contributed by atoms with van der Waals surface area (Å²) in [4.78, 5) is 0. The van der Waals surface area contributed by atoms with Gasteiger partial charge in [-0.2, -0.15) is 0 Å². The van der Waals surface area contributed by atoms with Gasteiger partial charge in [0.05, 0.1) is 0 Å². The van der Waals surface area contributed by atoms with E-state index in [4.69, 9.17) is 0 Å². The smallest absolute Gasteiger partial charge is 0.0355 e. The third-order valence-electron chi connectivity index (χ3n) is 3.78. The molecule has 3 aromatic rings. The molecule has 0 N–H and O–H groups in total. The van der Waals surface area contributed by atoms with Crippen LogP contribution in [0.25, 0.3) is 27.8 Å². The van der Waals surface area contributed by atoms with Crippen LogP contribution in [0, 0.1) is 0 Å². The van der Waals surface area contributed by atoms with Crippen LogP contribution < -0.4 is 9.75 Å². The summed E-state index contributed by atoms with van der Waals surface area (Å²) in [5.74, 6) is 0. The lowest BCUT2D eigenvalue weighted by Gasteiger charge is -2.02. The Labute approximate surface area is 135 Å². The minimum absolute atomic E-state index is 0.988. The normalized spacial score (nSPS) is 13.9. The van der Waals surface area contributed by atoms with Gasteiger partial charge >= 0.3 is 0 Å². The topological polar surface area (TPSA) is 0 Å². The van der Waals surface area contributed by atoms with E-state index < -0.39 is 0 Å². The quantitative estimate of drug-likeness (QED) is 0.594. The fourth-order valence-corrected chi connectivity index (χ4v) is 4.13. The van der Waals surface area contributed by atoms with Gasteiger partial charge in [-0.3, -0.25) is 0 Å². The molecule has 1 aliphatic carbocycles. The lowest BCUT2D eigenvalue weighted by atomic mass is 10.0. The van der Waals surface area contributed by atoms with Crippen molar-refractivity contribution in [1.82, 2.24) is 0 Å². The molecule has 2 aromatic carbocycles. The first-order valence-corrected chi connectivity index (χ1v) is 8.58. The van der Waals surface area contributed by atoms with E-state index in [-0.39, 0.29) is 0 Å². The molecule has 0 unspecified atom stereocenters. The van der Waals surface area contributed by atoms with Crippen molar-refractivity contribution in [3.63, 3.8) is 0 Å². The first-order valence-electron chi connectivity index (χ1n) is 6.97. The zero-order valence-electron chi connectivity index (χ0n) is 11.3. The van der Waals surface area contributed by atoms with Gasteiger partial charge in [0.25, 0.3) is 0 Å². The molecule has 21 heavy (non-hydrogen) atoms. The summed E-state index contributed by atoms with van der Waals surface area (Å²) in [7, 11) is 0. The van der Waals surface area contributed by atoms with Gasteiger partial charge in [-0.25, -0.2) is 0 Å². The number of rotatable bonds is 1. The molecule has 0 radical (unpaired) electrons. The second kappa shape index (κ2) is 5.28. The van der Waals surface area contributed by atoms with Gasteiger partial charge in [0.2, 0.25) is 0 Å². The fraction of sp³-hybridized carbons (Fsp3) is 0.0526. The van der Waals surface area contributed by atoms with Crippen LogP contribution in [-0.4, -0.2) is 0 Å². The van der Waals surface area contributed by atoms with E-state index in [1.54, 1.807) is 0 Å². The second-order valence-electron chi connectivity index (χ2n) is 5.13. The highest BCUT2D eigenvalue weighted by Crippen LogP contribution is 2.22. The number of fused-ring (bicyclic) bond motifs is 3. The Morgan fingerprint density at radius 3 is 2.57 bits per heavy atom. The second-order valence-corrected chi connectivity index (χ2v) is 7.13. The molecule has 1 aromatic heterocycles. The van der Waals surface area contributed by atoms with Crippen LogP contribution in [0.5, 0.6) is 0 Å². The molecule has 0 amide bonds. The van der Waals surface area contributed by atoms with Crippen molar-refractivity contribution in [2.75, 3.05) is 0 Å².